The molecule has 0 bridgehead atoms. The van der Waals surface area contributed by atoms with E-state index in [4.69, 9.17) is 14.2 Å². The van der Waals surface area contributed by atoms with Crippen LogP contribution in [0.15, 0.2) is 41.5 Å². The Kier molecular flexibility index (Phi) is 8.22. The molecule has 2 aromatic rings. The van der Waals surface area contributed by atoms with Crippen molar-refractivity contribution in [2.45, 2.75) is 26.4 Å². The monoisotopic (exact) mass is 372 g/mol. The lowest BCUT2D eigenvalue weighted by molar-refractivity contribution is 0.305. The molecule has 1 aromatic heterocycles. The van der Waals surface area contributed by atoms with Gasteiger partial charge in [-0.3, -0.25) is 4.99 Å². The Labute approximate surface area is 160 Å². The molecule has 2 rings (SSSR count). The number of ether oxygens (including phenoxy) is 3. The maximum Gasteiger partial charge on any atom is 0.213 e. The van der Waals surface area contributed by atoms with Gasteiger partial charge in [-0.2, -0.15) is 0 Å². The van der Waals surface area contributed by atoms with Gasteiger partial charge in [0.15, 0.2) is 5.96 Å². The minimum Gasteiger partial charge on any atom is -0.497 e. The van der Waals surface area contributed by atoms with Crippen LogP contribution in [-0.4, -0.2) is 38.8 Å². The lowest BCUT2D eigenvalue weighted by Crippen LogP contribution is -2.36. The van der Waals surface area contributed by atoms with Crippen molar-refractivity contribution in [3.8, 4) is 17.4 Å². The van der Waals surface area contributed by atoms with E-state index in [9.17, 15) is 0 Å². The third-order valence-electron chi connectivity index (χ3n) is 3.88. The molecule has 27 heavy (non-hydrogen) atoms. The lowest BCUT2D eigenvalue weighted by atomic mass is 10.2. The van der Waals surface area contributed by atoms with Gasteiger partial charge in [0, 0.05) is 44.0 Å². The zero-order valence-corrected chi connectivity index (χ0v) is 16.4. The minimum atomic E-state index is 0.578. The summed E-state index contributed by atoms with van der Waals surface area (Å²) < 4.78 is 16.1. The molecule has 1 aromatic carbocycles. The van der Waals surface area contributed by atoms with Crippen LogP contribution >= 0.6 is 0 Å². The maximum absolute atomic E-state index is 5.49. The first-order chi connectivity index (χ1) is 13.2. The predicted molar refractivity (Wildman–Crippen MR) is 107 cm³/mol. The smallest absolute Gasteiger partial charge is 0.213 e. The van der Waals surface area contributed by atoms with Crippen LogP contribution in [0.5, 0.6) is 17.4 Å². The van der Waals surface area contributed by atoms with E-state index in [-0.39, 0.29) is 0 Å². The average molecular weight is 372 g/mol. The van der Waals surface area contributed by atoms with Gasteiger partial charge < -0.3 is 24.8 Å². The van der Waals surface area contributed by atoms with Crippen LogP contribution in [0.4, 0.5) is 0 Å². The summed E-state index contributed by atoms with van der Waals surface area (Å²) in [6, 6.07) is 9.61. The maximum atomic E-state index is 5.49. The van der Waals surface area contributed by atoms with Gasteiger partial charge in [0.05, 0.1) is 20.8 Å². The molecule has 0 aliphatic rings. The van der Waals surface area contributed by atoms with Crippen molar-refractivity contribution in [1.29, 1.82) is 0 Å². The number of guanidine groups is 1. The quantitative estimate of drug-likeness (QED) is 0.521. The molecular formula is C20H28N4O3. The highest BCUT2D eigenvalue weighted by atomic mass is 16.5. The van der Waals surface area contributed by atoms with Crippen LogP contribution in [-0.2, 0) is 13.1 Å². The number of aliphatic imine (C=N–C) groups is 1. The van der Waals surface area contributed by atoms with Crippen LogP contribution in [0.2, 0.25) is 0 Å². The third-order valence-corrected chi connectivity index (χ3v) is 3.88. The van der Waals surface area contributed by atoms with Gasteiger partial charge in [0.1, 0.15) is 11.5 Å². The van der Waals surface area contributed by atoms with Crippen LogP contribution in [0.1, 0.15) is 24.5 Å². The molecule has 146 valence electrons. The Morgan fingerprint density at radius 1 is 1.07 bits per heavy atom. The molecular weight excluding hydrogens is 344 g/mol. The van der Waals surface area contributed by atoms with Gasteiger partial charge in [-0.05, 0) is 24.1 Å². The molecule has 0 atom stereocenters. The van der Waals surface area contributed by atoms with Crippen LogP contribution < -0.4 is 24.8 Å². The Balaban J connectivity index is 1.87. The third kappa shape index (κ3) is 6.36. The van der Waals surface area contributed by atoms with Crippen molar-refractivity contribution in [2.75, 3.05) is 27.9 Å². The molecule has 7 heteroatoms. The zero-order chi connectivity index (χ0) is 19.5. The van der Waals surface area contributed by atoms with Gasteiger partial charge >= 0.3 is 0 Å². The van der Waals surface area contributed by atoms with E-state index in [1.165, 1.54) is 0 Å². The van der Waals surface area contributed by atoms with E-state index in [1.54, 1.807) is 27.5 Å². The number of hydrogen-bond acceptors (Lipinski definition) is 5. The molecule has 0 aliphatic heterocycles. The van der Waals surface area contributed by atoms with Gasteiger partial charge in [0.25, 0.3) is 0 Å². The molecule has 0 amide bonds. The van der Waals surface area contributed by atoms with Crippen molar-refractivity contribution in [1.82, 2.24) is 15.6 Å². The SMILES string of the molecule is CCCOc1ccc(CNC(=NC)NCc2ccc(OC)cc2OC)cn1. The zero-order valence-electron chi connectivity index (χ0n) is 16.4. The molecule has 0 saturated carbocycles. The standard InChI is InChI=1S/C20H28N4O3/c1-5-10-27-19-9-6-15(12-22-19)13-23-20(21-2)24-14-16-7-8-17(25-3)11-18(16)26-4/h6-9,11-12H,5,10,13-14H2,1-4H3,(H2,21,23,24). The molecule has 0 aliphatic carbocycles. The summed E-state index contributed by atoms with van der Waals surface area (Å²) in [7, 11) is 5.02. The molecule has 0 saturated heterocycles. The first-order valence-corrected chi connectivity index (χ1v) is 8.93. The highest BCUT2D eigenvalue weighted by molar-refractivity contribution is 5.79. The molecule has 1 heterocycles. The predicted octanol–water partition coefficient (Wildman–Crippen LogP) is 2.75. The van der Waals surface area contributed by atoms with Crippen LogP contribution in [0.25, 0.3) is 0 Å². The summed E-state index contributed by atoms with van der Waals surface area (Å²) in [6.45, 7) is 3.93. The Hall–Kier alpha value is -2.96. The Morgan fingerprint density at radius 2 is 1.89 bits per heavy atom. The number of pyridine rings is 1. The van der Waals surface area contributed by atoms with Crippen LogP contribution in [0.3, 0.4) is 0 Å². The summed E-state index contributed by atoms with van der Waals surface area (Å²) >= 11 is 0. The fraction of sp³-hybridized carbons (Fsp3) is 0.400. The molecule has 7 nitrogen and oxygen atoms in total. The van der Waals surface area contributed by atoms with Gasteiger partial charge in [-0.1, -0.05) is 13.0 Å². The highest BCUT2D eigenvalue weighted by Gasteiger charge is 2.06. The van der Waals surface area contributed by atoms with E-state index in [0.717, 1.165) is 29.0 Å². The minimum absolute atomic E-state index is 0.578. The van der Waals surface area contributed by atoms with E-state index in [1.807, 2.05) is 30.3 Å². The number of aromatic nitrogens is 1. The number of nitrogens with zero attached hydrogens (tertiary/aromatic N) is 2. The highest BCUT2D eigenvalue weighted by Crippen LogP contribution is 2.24. The molecule has 0 fully saturated rings. The largest absolute Gasteiger partial charge is 0.497 e. The van der Waals surface area contributed by atoms with E-state index in [2.05, 4.69) is 27.5 Å². The summed E-state index contributed by atoms with van der Waals surface area (Å²) in [4.78, 5) is 8.55. The second-order valence-corrected chi connectivity index (χ2v) is 5.81. The van der Waals surface area contributed by atoms with Crippen molar-refractivity contribution >= 4 is 5.96 Å². The summed E-state index contributed by atoms with van der Waals surface area (Å²) in [5, 5.41) is 6.55. The topological polar surface area (TPSA) is 77.0 Å². The Bertz CT molecular complexity index is 733. The Morgan fingerprint density at radius 3 is 2.52 bits per heavy atom. The molecule has 0 spiro atoms. The summed E-state index contributed by atoms with van der Waals surface area (Å²) in [5.74, 6) is 2.87. The fourth-order valence-electron chi connectivity index (χ4n) is 2.39. The molecule has 2 N–H and O–H groups in total. The summed E-state index contributed by atoms with van der Waals surface area (Å²) in [5.41, 5.74) is 2.06. The van der Waals surface area contributed by atoms with Crippen molar-refractivity contribution in [3.63, 3.8) is 0 Å². The van der Waals surface area contributed by atoms with Crippen molar-refractivity contribution < 1.29 is 14.2 Å². The first-order valence-electron chi connectivity index (χ1n) is 8.93. The van der Waals surface area contributed by atoms with Crippen molar-refractivity contribution in [2.24, 2.45) is 4.99 Å². The first kappa shape index (κ1) is 20.4. The second-order valence-electron chi connectivity index (χ2n) is 5.81. The number of hydrogen-bond donors (Lipinski definition) is 2. The number of rotatable bonds is 9. The van der Waals surface area contributed by atoms with E-state index < -0.39 is 0 Å². The van der Waals surface area contributed by atoms with Crippen LogP contribution in [0, 0.1) is 0 Å². The van der Waals surface area contributed by atoms with Crippen molar-refractivity contribution in [3.05, 3.63) is 47.7 Å². The normalized spacial score (nSPS) is 11.0. The van der Waals surface area contributed by atoms with Gasteiger partial charge in [-0.25, -0.2) is 4.98 Å². The van der Waals surface area contributed by atoms with Gasteiger partial charge in [0.2, 0.25) is 5.88 Å². The summed E-state index contributed by atoms with van der Waals surface area (Å²) in [6.07, 6.45) is 2.77. The number of methoxy groups -OCH3 is 2. The number of benzene rings is 1. The average Bonchev–Trinajstić information content (AvgIpc) is 2.73. The van der Waals surface area contributed by atoms with Gasteiger partial charge in [-0.15, -0.1) is 0 Å². The lowest BCUT2D eigenvalue weighted by Gasteiger charge is -2.14. The molecule has 0 radical (unpaired) electrons. The fourth-order valence-corrected chi connectivity index (χ4v) is 2.39. The van der Waals surface area contributed by atoms with E-state index in [0.29, 0.717) is 31.5 Å². The van der Waals surface area contributed by atoms with E-state index >= 15 is 0 Å². The second kappa shape index (κ2) is 10.9. The number of nitrogens with one attached hydrogen (secondary N) is 2. The molecule has 0 unspecified atom stereocenters.